The van der Waals surface area contributed by atoms with Gasteiger partial charge in [-0.3, -0.25) is 4.79 Å². The summed E-state index contributed by atoms with van der Waals surface area (Å²) in [5.41, 5.74) is 1.40. The van der Waals surface area contributed by atoms with Gasteiger partial charge in [-0.1, -0.05) is 18.2 Å². The molecule has 1 N–H and O–H groups in total. The van der Waals surface area contributed by atoms with Crippen LogP contribution in [0.25, 0.3) is 0 Å². The molecule has 1 aromatic carbocycles. The highest BCUT2D eigenvalue weighted by Crippen LogP contribution is 2.23. The Labute approximate surface area is 135 Å². The summed E-state index contributed by atoms with van der Waals surface area (Å²) < 4.78 is 0. The van der Waals surface area contributed by atoms with Gasteiger partial charge in [0.15, 0.2) is 0 Å². The number of benzene rings is 1. The van der Waals surface area contributed by atoms with E-state index in [1.165, 1.54) is 0 Å². The van der Waals surface area contributed by atoms with Crippen LogP contribution in [-0.2, 0) is 4.79 Å². The first-order chi connectivity index (χ1) is 11.3. The summed E-state index contributed by atoms with van der Waals surface area (Å²) in [5, 5.41) is 11.8. The van der Waals surface area contributed by atoms with E-state index in [1.54, 1.807) is 12.3 Å². The predicted molar refractivity (Wildman–Crippen MR) is 89.0 cm³/mol. The van der Waals surface area contributed by atoms with Crippen molar-refractivity contribution in [3.63, 3.8) is 0 Å². The first-order valence-corrected chi connectivity index (χ1v) is 7.73. The zero-order valence-electron chi connectivity index (χ0n) is 12.8. The quantitative estimate of drug-likeness (QED) is 0.946. The van der Waals surface area contributed by atoms with Gasteiger partial charge in [-0.15, -0.1) is 0 Å². The van der Waals surface area contributed by atoms with Crippen LogP contribution in [0.15, 0.2) is 48.7 Å². The second-order valence-electron chi connectivity index (χ2n) is 5.63. The van der Waals surface area contributed by atoms with Crippen molar-refractivity contribution in [1.82, 2.24) is 4.98 Å². The lowest BCUT2D eigenvalue weighted by Gasteiger charge is -2.32. The number of aromatic nitrogens is 1. The van der Waals surface area contributed by atoms with Crippen LogP contribution < -0.4 is 10.2 Å². The maximum atomic E-state index is 12.3. The topological polar surface area (TPSA) is 69.0 Å². The van der Waals surface area contributed by atoms with Gasteiger partial charge in [0.05, 0.1) is 5.56 Å². The highest BCUT2D eigenvalue weighted by Gasteiger charge is 2.25. The van der Waals surface area contributed by atoms with Crippen molar-refractivity contribution < 1.29 is 4.79 Å². The molecular formula is C18H18N4O. The van der Waals surface area contributed by atoms with E-state index in [1.807, 2.05) is 36.4 Å². The van der Waals surface area contributed by atoms with Crippen molar-refractivity contribution in [3.8, 4) is 6.07 Å². The van der Waals surface area contributed by atoms with E-state index in [0.29, 0.717) is 5.56 Å². The largest absolute Gasteiger partial charge is 0.357 e. The molecule has 1 saturated heterocycles. The molecule has 1 aliphatic heterocycles. The van der Waals surface area contributed by atoms with E-state index < -0.39 is 0 Å². The molecule has 5 heteroatoms. The highest BCUT2D eigenvalue weighted by atomic mass is 16.1. The van der Waals surface area contributed by atoms with Gasteiger partial charge in [-0.05, 0) is 37.1 Å². The summed E-state index contributed by atoms with van der Waals surface area (Å²) in [7, 11) is 0. The van der Waals surface area contributed by atoms with Crippen molar-refractivity contribution in [1.29, 1.82) is 5.26 Å². The summed E-state index contributed by atoms with van der Waals surface area (Å²) in [6.07, 6.45) is 3.20. The molecule has 0 bridgehead atoms. The molecule has 2 aromatic rings. The summed E-state index contributed by atoms with van der Waals surface area (Å²) >= 11 is 0. The number of nitrogens with one attached hydrogen (secondary N) is 1. The maximum absolute atomic E-state index is 12.3. The number of rotatable bonds is 3. The van der Waals surface area contributed by atoms with Gasteiger partial charge in [-0.25, -0.2) is 4.98 Å². The molecule has 0 aliphatic carbocycles. The lowest BCUT2D eigenvalue weighted by Crippen LogP contribution is -2.38. The summed E-state index contributed by atoms with van der Waals surface area (Å²) in [6, 6.07) is 15.3. The van der Waals surface area contributed by atoms with Crippen molar-refractivity contribution in [2.45, 2.75) is 12.8 Å². The van der Waals surface area contributed by atoms with Crippen LogP contribution in [0.3, 0.4) is 0 Å². The normalized spacial score (nSPS) is 15.0. The molecule has 23 heavy (non-hydrogen) atoms. The van der Waals surface area contributed by atoms with Crippen LogP contribution in [0.2, 0.25) is 0 Å². The highest BCUT2D eigenvalue weighted by molar-refractivity contribution is 5.92. The second kappa shape index (κ2) is 6.93. The van der Waals surface area contributed by atoms with Crippen molar-refractivity contribution in [3.05, 3.63) is 54.2 Å². The Morgan fingerprint density at radius 3 is 2.52 bits per heavy atom. The fraction of sp³-hybridized carbons (Fsp3) is 0.278. The molecule has 0 atom stereocenters. The van der Waals surface area contributed by atoms with Gasteiger partial charge in [0.1, 0.15) is 11.9 Å². The molecule has 0 radical (unpaired) electrons. The van der Waals surface area contributed by atoms with Gasteiger partial charge < -0.3 is 10.2 Å². The van der Waals surface area contributed by atoms with Crippen LogP contribution in [-0.4, -0.2) is 24.0 Å². The number of anilines is 2. The Kier molecular flexibility index (Phi) is 4.53. The molecule has 0 spiro atoms. The number of para-hydroxylation sites is 1. The number of hydrogen-bond donors (Lipinski definition) is 1. The Balaban J connectivity index is 1.55. The Morgan fingerprint density at radius 1 is 1.17 bits per heavy atom. The third kappa shape index (κ3) is 3.67. The minimum Gasteiger partial charge on any atom is -0.357 e. The number of pyridine rings is 1. The fourth-order valence-corrected chi connectivity index (χ4v) is 2.78. The standard InChI is InChI=1S/C18H18N4O/c19-12-14-6-7-17(20-13-14)22-10-8-15(9-11-22)18(23)21-16-4-2-1-3-5-16/h1-7,13,15H,8-11H2,(H,21,23). The van der Waals surface area contributed by atoms with E-state index in [4.69, 9.17) is 5.26 Å². The number of carbonyl (C=O) groups is 1. The molecule has 1 fully saturated rings. The second-order valence-corrected chi connectivity index (χ2v) is 5.63. The average Bonchev–Trinajstić information content (AvgIpc) is 2.63. The zero-order chi connectivity index (χ0) is 16.1. The van der Waals surface area contributed by atoms with E-state index in [0.717, 1.165) is 37.4 Å². The molecule has 1 aromatic heterocycles. The fourth-order valence-electron chi connectivity index (χ4n) is 2.78. The summed E-state index contributed by atoms with van der Waals surface area (Å²) in [6.45, 7) is 1.59. The molecule has 3 rings (SSSR count). The third-order valence-corrected chi connectivity index (χ3v) is 4.11. The van der Waals surface area contributed by atoms with E-state index in [9.17, 15) is 4.79 Å². The minimum atomic E-state index is 0.0323. The molecule has 116 valence electrons. The number of hydrogen-bond acceptors (Lipinski definition) is 4. The molecule has 0 unspecified atom stereocenters. The number of nitriles is 1. The molecule has 5 nitrogen and oxygen atoms in total. The van der Waals surface area contributed by atoms with E-state index in [2.05, 4.69) is 21.3 Å². The molecule has 0 saturated carbocycles. The predicted octanol–water partition coefficient (Wildman–Crippen LogP) is 2.81. The van der Waals surface area contributed by atoms with Crippen LogP contribution in [0.1, 0.15) is 18.4 Å². The zero-order valence-corrected chi connectivity index (χ0v) is 12.8. The molecule has 2 heterocycles. The van der Waals surface area contributed by atoms with Crippen molar-refractivity contribution >= 4 is 17.4 Å². The van der Waals surface area contributed by atoms with Gasteiger partial charge in [-0.2, -0.15) is 5.26 Å². The van der Waals surface area contributed by atoms with Gasteiger partial charge in [0.25, 0.3) is 0 Å². The first-order valence-electron chi connectivity index (χ1n) is 7.73. The van der Waals surface area contributed by atoms with Gasteiger partial charge >= 0.3 is 0 Å². The smallest absolute Gasteiger partial charge is 0.227 e. The molecule has 1 amide bonds. The summed E-state index contributed by atoms with van der Waals surface area (Å²) in [4.78, 5) is 18.8. The van der Waals surface area contributed by atoms with Crippen molar-refractivity contribution in [2.75, 3.05) is 23.3 Å². The molecule has 1 aliphatic rings. The SMILES string of the molecule is N#Cc1ccc(N2CCC(C(=O)Nc3ccccc3)CC2)nc1. The number of amides is 1. The third-order valence-electron chi connectivity index (χ3n) is 4.11. The van der Waals surface area contributed by atoms with Crippen LogP contribution in [0.5, 0.6) is 0 Å². The monoisotopic (exact) mass is 306 g/mol. The average molecular weight is 306 g/mol. The number of piperidine rings is 1. The number of nitrogens with zero attached hydrogens (tertiary/aromatic N) is 3. The lowest BCUT2D eigenvalue weighted by atomic mass is 9.95. The van der Waals surface area contributed by atoms with E-state index >= 15 is 0 Å². The Morgan fingerprint density at radius 2 is 1.91 bits per heavy atom. The van der Waals surface area contributed by atoms with Crippen molar-refractivity contribution in [2.24, 2.45) is 5.92 Å². The van der Waals surface area contributed by atoms with Gasteiger partial charge in [0.2, 0.25) is 5.91 Å². The lowest BCUT2D eigenvalue weighted by molar-refractivity contribution is -0.120. The Bertz CT molecular complexity index is 698. The van der Waals surface area contributed by atoms with Crippen LogP contribution >= 0.6 is 0 Å². The maximum Gasteiger partial charge on any atom is 0.227 e. The van der Waals surface area contributed by atoms with Crippen LogP contribution in [0.4, 0.5) is 11.5 Å². The van der Waals surface area contributed by atoms with Crippen LogP contribution in [0, 0.1) is 17.2 Å². The Hall–Kier alpha value is -2.87. The minimum absolute atomic E-state index is 0.0323. The summed E-state index contributed by atoms with van der Waals surface area (Å²) in [5.74, 6) is 0.986. The molecular weight excluding hydrogens is 288 g/mol. The first kappa shape index (κ1) is 15.0. The number of carbonyl (C=O) groups excluding carboxylic acids is 1. The van der Waals surface area contributed by atoms with Gasteiger partial charge in [0, 0.05) is 30.9 Å². The van der Waals surface area contributed by atoms with E-state index in [-0.39, 0.29) is 11.8 Å².